The fourth-order valence-electron chi connectivity index (χ4n) is 2.10. The van der Waals surface area contributed by atoms with Gasteiger partial charge in [0.25, 0.3) is 0 Å². The molecule has 98 valence electrons. The van der Waals surface area contributed by atoms with Gasteiger partial charge in [0, 0.05) is 11.1 Å². The number of rotatable bonds is 5. The number of ketones is 1. The molecule has 0 spiro atoms. The van der Waals surface area contributed by atoms with Gasteiger partial charge in [-0.15, -0.1) is 0 Å². The van der Waals surface area contributed by atoms with Crippen molar-refractivity contribution in [2.75, 3.05) is 0 Å². The molecule has 0 amide bonds. The fourth-order valence-corrected chi connectivity index (χ4v) is 2.10. The van der Waals surface area contributed by atoms with Gasteiger partial charge in [-0.1, -0.05) is 37.6 Å². The Balaban J connectivity index is 2.30. The number of aryl methyl sites for hydroxylation is 1. The SMILES string of the molecule is CCCCc1ccccc1C(=O)c1ccc(O)cc1. The van der Waals surface area contributed by atoms with Crippen LogP contribution in [0.2, 0.25) is 0 Å². The minimum atomic E-state index is 0.0201. The molecule has 0 atom stereocenters. The molecule has 19 heavy (non-hydrogen) atoms. The maximum atomic E-state index is 12.5. The average Bonchev–Trinajstić information content (AvgIpc) is 2.45. The van der Waals surface area contributed by atoms with Crippen molar-refractivity contribution in [3.63, 3.8) is 0 Å². The maximum absolute atomic E-state index is 12.5. The van der Waals surface area contributed by atoms with Crippen LogP contribution in [0.1, 0.15) is 41.3 Å². The maximum Gasteiger partial charge on any atom is 0.193 e. The molecule has 2 nitrogen and oxygen atoms in total. The lowest BCUT2D eigenvalue weighted by Crippen LogP contribution is -2.05. The highest BCUT2D eigenvalue weighted by molar-refractivity contribution is 6.09. The summed E-state index contributed by atoms with van der Waals surface area (Å²) < 4.78 is 0. The van der Waals surface area contributed by atoms with Gasteiger partial charge in [-0.25, -0.2) is 0 Å². The molecular formula is C17H18O2. The van der Waals surface area contributed by atoms with Crippen molar-refractivity contribution in [3.05, 3.63) is 65.2 Å². The summed E-state index contributed by atoms with van der Waals surface area (Å²) in [6, 6.07) is 14.2. The molecule has 0 unspecified atom stereocenters. The topological polar surface area (TPSA) is 37.3 Å². The molecule has 0 saturated carbocycles. The summed E-state index contributed by atoms with van der Waals surface area (Å²) in [6.45, 7) is 2.14. The summed E-state index contributed by atoms with van der Waals surface area (Å²) >= 11 is 0. The van der Waals surface area contributed by atoms with E-state index in [2.05, 4.69) is 6.92 Å². The van der Waals surface area contributed by atoms with Crippen molar-refractivity contribution in [1.82, 2.24) is 0 Å². The Kier molecular flexibility index (Phi) is 4.35. The van der Waals surface area contributed by atoms with Crippen molar-refractivity contribution in [3.8, 4) is 5.75 Å². The number of hydrogen-bond acceptors (Lipinski definition) is 2. The molecular weight excluding hydrogens is 236 g/mol. The second-order valence-electron chi connectivity index (χ2n) is 4.64. The first-order valence-corrected chi connectivity index (χ1v) is 6.64. The number of carbonyl (C=O) groups excluding carboxylic acids is 1. The molecule has 2 rings (SSSR count). The van der Waals surface area contributed by atoms with E-state index in [1.807, 2.05) is 24.3 Å². The van der Waals surface area contributed by atoms with Gasteiger partial charge < -0.3 is 5.11 Å². The lowest BCUT2D eigenvalue weighted by atomic mass is 9.95. The van der Waals surface area contributed by atoms with Crippen LogP contribution in [0.15, 0.2) is 48.5 Å². The summed E-state index contributed by atoms with van der Waals surface area (Å²) in [5, 5.41) is 9.27. The zero-order valence-electron chi connectivity index (χ0n) is 11.1. The smallest absolute Gasteiger partial charge is 0.193 e. The van der Waals surface area contributed by atoms with Crippen LogP contribution in [-0.4, -0.2) is 10.9 Å². The molecule has 0 radical (unpaired) electrons. The van der Waals surface area contributed by atoms with Crippen LogP contribution in [0.3, 0.4) is 0 Å². The summed E-state index contributed by atoms with van der Waals surface area (Å²) in [5.74, 6) is 0.197. The van der Waals surface area contributed by atoms with E-state index in [4.69, 9.17) is 0 Å². The minimum Gasteiger partial charge on any atom is -0.508 e. The van der Waals surface area contributed by atoms with Crippen molar-refractivity contribution < 1.29 is 9.90 Å². The van der Waals surface area contributed by atoms with Crippen molar-refractivity contribution in [2.45, 2.75) is 26.2 Å². The first-order chi connectivity index (χ1) is 9.22. The molecule has 0 bridgehead atoms. The molecule has 0 aliphatic rings. The zero-order valence-corrected chi connectivity index (χ0v) is 11.1. The predicted octanol–water partition coefficient (Wildman–Crippen LogP) is 3.97. The van der Waals surface area contributed by atoms with E-state index in [-0.39, 0.29) is 11.5 Å². The van der Waals surface area contributed by atoms with E-state index >= 15 is 0 Å². The van der Waals surface area contributed by atoms with Crippen LogP contribution in [0.4, 0.5) is 0 Å². The first kappa shape index (κ1) is 13.3. The number of unbranched alkanes of at least 4 members (excludes halogenated alkanes) is 1. The van der Waals surface area contributed by atoms with E-state index in [0.29, 0.717) is 5.56 Å². The summed E-state index contributed by atoms with van der Waals surface area (Å²) in [5.41, 5.74) is 2.48. The van der Waals surface area contributed by atoms with Gasteiger partial charge >= 0.3 is 0 Å². The van der Waals surface area contributed by atoms with Crippen LogP contribution >= 0.6 is 0 Å². The Hall–Kier alpha value is -2.09. The Morgan fingerprint density at radius 3 is 2.42 bits per heavy atom. The van der Waals surface area contributed by atoms with Crippen molar-refractivity contribution in [2.24, 2.45) is 0 Å². The van der Waals surface area contributed by atoms with Gasteiger partial charge in [0.1, 0.15) is 5.75 Å². The normalized spacial score (nSPS) is 10.4. The van der Waals surface area contributed by atoms with Crippen LogP contribution in [0.5, 0.6) is 5.75 Å². The summed E-state index contributed by atoms with van der Waals surface area (Å²) in [4.78, 5) is 12.5. The van der Waals surface area contributed by atoms with E-state index in [1.165, 1.54) is 0 Å². The number of phenolic OH excluding ortho intramolecular Hbond substituents is 1. The third-order valence-corrected chi connectivity index (χ3v) is 3.19. The lowest BCUT2D eigenvalue weighted by Gasteiger charge is -2.08. The van der Waals surface area contributed by atoms with Crippen molar-refractivity contribution in [1.29, 1.82) is 0 Å². The van der Waals surface area contributed by atoms with E-state index in [1.54, 1.807) is 24.3 Å². The van der Waals surface area contributed by atoms with Crippen LogP contribution in [-0.2, 0) is 6.42 Å². The molecule has 0 aromatic heterocycles. The van der Waals surface area contributed by atoms with E-state index < -0.39 is 0 Å². The highest BCUT2D eigenvalue weighted by Crippen LogP contribution is 2.18. The lowest BCUT2D eigenvalue weighted by molar-refractivity contribution is 0.103. The average molecular weight is 254 g/mol. The third kappa shape index (κ3) is 3.22. The van der Waals surface area contributed by atoms with Crippen LogP contribution in [0, 0.1) is 0 Å². The number of benzene rings is 2. The summed E-state index contributed by atoms with van der Waals surface area (Å²) in [6.07, 6.45) is 3.12. The second-order valence-corrected chi connectivity index (χ2v) is 4.64. The van der Waals surface area contributed by atoms with Gasteiger partial charge in [0.15, 0.2) is 5.78 Å². The first-order valence-electron chi connectivity index (χ1n) is 6.64. The zero-order chi connectivity index (χ0) is 13.7. The Labute approximate surface area is 113 Å². The standard InChI is InChI=1S/C17H18O2/c1-2-3-6-13-7-4-5-8-16(13)17(19)14-9-11-15(18)12-10-14/h4-5,7-12,18H,2-3,6H2,1H3. The minimum absolute atomic E-state index is 0.0201. The molecule has 1 N–H and O–H groups in total. The number of phenols is 1. The second kappa shape index (κ2) is 6.19. The monoisotopic (exact) mass is 254 g/mol. The molecule has 0 heterocycles. The molecule has 2 heteroatoms. The number of aromatic hydroxyl groups is 1. The molecule has 2 aromatic rings. The molecule has 2 aromatic carbocycles. The molecule has 0 aliphatic heterocycles. The summed E-state index contributed by atoms with van der Waals surface area (Å²) in [7, 11) is 0. The highest BCUT2D eigenvalue weighted by Gasteiger charge is 2.12. The Bertz CT molecular complexity index is 556. The molecule has 0 saturated heterocycles. The predicted molar refractivity (Wildman–Crippen MR) is 76.6 cm³/mol. The number of hydrogen-bond donors (Lipinski definition) is 1. The third-order valence-electron chi connectivity index (χ3n) is 3.19. The fraction of sp³-hybridized carbons (Fsp3) is 0.235. The van der Waals surface area contributed by atoms with Crippen LogP contribution < -0.4 is 0 Å². The van der Waals surface area contributed by atoms with E-state index in [9.17, 15) is 9.90 Å². The van der Waals surface area contributed by atoms with Crippen LogP contribution in [0.25, 0.3) is 0 Å². The number of carbonyl (C=O) groups is 1. The van der Waals surface area contributed by atoms with Gasteiger partial charge in [-0.3, -0.25) is 4.79 Å². The highest BCUT2D eigenvalue weighted by atomic mass is 16.3. The van der Waals surface area contributed by atoms with Gasteiger partial charge in [0.2, 0.25) is 0 Å². The molecule has 0 fully saturated rings. The molecule has 0 aliphatic carbocycles. The van der Waals surface area contributed by atoms with Crippen molar-refractivity contribution >= 4 is 5.78 Å². The largest absolute Gasteiger partial charge is 0.508 e. The Morgan fingerprint density at radius 1 is 1.05 bits per heavy atom. The van der Waals surface area contributed by atoms with Gasteiger partial charge in [-0.05, 0) is 42.7 Å². The Morgan fingerprint density at radius 2 is 1.74 bits per heavy atom. The van der Waals surface area contributed by atoms with Gasteiger partial charge in [-0.2, -0.15) is 0 Å². The quantitative estimate of drug-likeness (QED) is 0.820. The van der Waals surface area contributed by atoms with E-state index in [0.717, 1.165) is 30.4 Å². The van der Waals surface area contributed by atoms with Gasteiger partial charge in [0.05, 0.1) is 0 Å².